The monoisotopic (exact) mass is 259 g/mol. The standard InChI is InChI=1S/C14H17N3O2/c1-3-6-10-9-13(17-16-10)15-14(18)11-7-4-5-8-12(11)19-2/h4-5,7-9H,3,6H2,1-2H3,(H2,15,16,17,18). The molecule has 0 saturated heterocycles. The number of aryl methyl sites for hydroxylation is 1. The van der Waals surface area contributed by atoms with Crippen molar-refractivity contribution in [3.05, 3.63) is 41.6 Å². The molecule has 0 radical (unpaired) electrons. The topological polar surface area (TPSA) is 67.0 Å². The Hall–Kier alpha value is -2.30. The normalized spacial score (nSPS) is 10.2. The number of nitrogens with zero attached hydrogens (tertiary/aromatic N) is 1. The Morgan fingerprint density at radius 2 is 2.21 bits per heavy atom. The van der Waals surface area contributed by atoms with Crippen LogP contribution in [0.4, 0.5) is 5.82 Å². The molecule has 0 aliphatic heterocycles. The first kappa shape index (κ1) is 13.1. The molecule has 100 valence electrons. The van der Waals surface area contributed by atoms with Gasteiger partial charge in [-0.2, -0.15) is 5.10 Å². The molecule has 1 aromatic carbocycles. The van der Waals surface area contributed by atoms with Crippen molar-refractivity contribution in [3.63, 3.8) is 0 Å². The molecule has 0 fully saturated rings. The maximum atomic E-state index is 12.1. The molecule has 2 N–H and O–H groups in total. The lowest BCUT2D eigenvalue weighted by Crippen LogP contribution is -2.13. The Morgan fingerprint density at radius 1 is 1.42 bits per heavy atom. The van der Waals surface area contributed by atoms with Gasteiger partial charge in [0.15, 0.2) is 5.82 Å². The molecular formula is C14H17N3O2. The number of benzene rings is 1. The Labute approximate surface area is 112 Å². The number of methoxy groups -OCH3 is 1. The van der Waals surface area contributed by atoms with Crippen LogP contribution in [-0.2, 0) is 6.42 Å². The number of ether oxygens (including phenoxy) is 1. The average Bonchev–Trinajstić information content (AvgIpc) is 2.86. The molecule has 1 heterocycles. The largest absolute Gasteiger partial charge is 0.496 e. The van der Waals surface area contributed by atoms with Crippen molar-refractivity contribution in [3.8, 4) is 5.75 Å². The van der Waals surface area contributed by atoms with Crippen molar-refractivity contribution in [2.24, 2.45) is 0 Å². The highest BCUT2D eigenvalue weighted by atomic mass is 16.5. The molecule has 1 amide bonds. The van der Waals surface area contributed by atoms with E-state index in [-0.39, 0.29) is 5.91 Å². The third-order valence-corrected chi connectivity index (χ3v) is 2.74. The van der Waals surface area contributed by atoms with E-state index >= 15 is 0 Å². The first-order chi connectivity index (χ1) is 9.24. The predicted molar refractivity (Wildman–Crippen MR) is 73.5 cm³/mol. The Kier molecular flexibility index (Phi) is 4.18. The highest BCUT2D eigenvalue weighted by molar-refractivity contribution is 6.05. The van der Waals surface area contributed by atoms with Gasteiger partial charge in [-0.3, -0.25) is 9.89 Å². The van der Waals surface area contributed by atoms with Gasteiger partial charge in [0.25, 0.3) is 5.91 Å². The van der Waals surface area contributed by atoms with Crippen molar-refractivity contribution in [1.29, 1.82) is 0 Å². The van der Waals surface area contributed by atoms with Crippen LogP contribution in [0.5, 0.6) is 5.75 Å². The molecule has 0 aliphatic rings. The van der Waals surface area contributed by atoms with Gasteiger partial charge in [0.2, 0.25) is 0 Å². The van der Waals surface area contributed by atoms with Crippen molar-refractivity contribution in [2.45, 2.75) is 19.8 Å². The van der Waals surface area contributed by atoms with Crippen molar-refractivity contribution in [1.82, 2.24) is 10.2 Å². The summed E-state index contributed by atoms with van der Waals surface area (Å²) in [6.45, 7) is 2.09. The first-order valence-corrected chi connectivity index (χ1v) is 6.23. The molecule has 2 aromatic rings. The number of carbonyl (C=O) groups is 1. The molecule has 0 aliphatic carbocycles. The fraction of sp³-hybridized carbons (Fsp3) is 0.286. The maximum absolute atomic E-state index is 12.1. The Bertz CT molecular complexity index is 563. The number of para-hydroxylation sites is 1. The van der Waals surface area contributed by atoms with Gasteiger partial charge in [-0.15, -0.1) is 0 Å². The van der Waals surface area contributed by atoms with Gasteiger partial charge in [0, 0.05) is 11.8 Å². The summed E-state index contributed by atoms with van der Waals surface area (Å²) in [6, 6.07) is 8.93. The van der Waals surface area contributed by atoms with E-state index < -0.39 is 0 Å². The number of aromatic amines is 1. The third kappa shape index (κ3) is 3.13. The van der Waals surface area contributed by atoms with Crippen LogP contribution >= 0.6 is 0 Å². The summed E-state index contributed by atoms with van der Waals surface area (Å²) in [4.78, 5) is 12.1. The zero-order chi connectivity index (χ0) is 13.7. The Balaban J connectivity index is 2.11. The van der Waals surface area contributed by atoms with E-state index in [0.717, 1.165) is 18.5 Å². The minimum absolute atomic E-state index is 0.230. The van der Waals surface area contributed by atoms with Crippen molar-refractivity contribution >= 4 is 11.7 Å². The lowest BCUT2D eigenvalue weighted by atomic mass is 10.2. The summed E-state index contributed by atoms with van der Waals surface area (Å²) in [7, 11) is 1.54. The third-order valence-electron chi connectivity index (χ3n) is 2.74. The molecule has 0 atom stereocenters. The predicted octanol–water partition coefficient (Wildman–Crippen LogP) is 2.62. The number of hydrogen-bond acceptors (Lipinski definition) is 3. The summed E-state index contributed by atoms with van der Waals surface area (Å²) < 4.78 is 5.16. The van der Waals surface area contributed by atoms with Gasteiger partial charge in [-0.25, -0.2) is 0 Å². The molecule has 19 heavy (non-hydrogen) atoms. The minimum atomic E-state index is -0.230. The van der Waals surface area contributed by atoms with Crippen molar-refractivity contribution in [2.75, 3.05) is 12.4 Å². The van der Waals surface area contributed by atoms with Crippen LogP contribution < -0.4 is 10.1 Å². The zero-order valence-electron chi connectivity index (χ0n) is 11.1. The number of nitrogens with one attached hydrogen (secondary N) is 2. The number of carbonyl (C=O) groups excluding carboxylic acids is 1. The smallest absolute Gasteiger partial charge is 0.260 e. The second-order valence-corrected chi connectivity index (χ2v) is 4.18. The van der Waals surface area contributed by atoms with E-state index in [1.807, 2.05) is 12.1 Å². The highest BCUT2D eigenvalue weighted by Crippen LogP contribution is 2.18. The minimum Gasteiger partial charge on any atom is -0.496 e. The van der Waals surface area contributed by atoms with E-state index in [4.69, 9.17) is 4.74 Å². The summed E-state index contributed by atoms with van der Waals surface area (Å²) in [6.07, 6.45) is 1.94. The number of rotatable bonds is 5. The fourth-order valence-corrected chi connectivity index (χ4v) is 1.84. The molecule has 1 aromatic heterocycles. The van der Waals surface area contributed by atoms with E-state index in [2.05, 4.69) is 22.4 Å². The van der Waals surface area contributed by atoms with Crippen LogP contribution in [-0.4, -0.2) is 23.2 Å². The molecule has 0 bridgehead atoms. The fourth-order valence-electron chi connectivity index (χ4n) is 1.84. The average molecular weight is 259 g/mol. The Morgan fingerprint density at radius 3 is 2.95 bits per heavy atom. The number of amides is 1. The van der Waals surface area contributed by atoms with Gasteiger partial charge in [0.05, 0.1) is 12.7 Å². The highest BCUT2D eigenvalue weighted by Gasteiger charge is 2.12. The van der Waals surface area contributed by atoms with Gasteiger partial charge in [-0.05, 0) is 18.6 Å². The zero-order valence-corrected chi connectivity index (χ0v) is 11.1. The molecule has 5 nitrogen and oxygen atoms in total. The molecule has 0 saturated carbocycles. The van der Waals surface area contributed by atoms with Crippen LogP contribution in [0.25, 0.3) is 0 Å². The van der Waals surface area contributed by atoms with Crippen molar-refractivity contribution < 1.29 is 9.53 Å². The van der Waals surface area contributed by atoms with Gasteiger partial charge >= 0.3 is 0 Å². The second-order valence-electron chi connectivity index (χ2n) is 4.18. The molecule has 0 unspecified atom stereocenters. The number of anilines is 1. The van der Waals surface area contributed by atoms with Crippen LogP contribution in [0.15, 0.2) is 30.3 Å². The van der Waals surface area contributed by atoms with Crippen LogP contribution in [0.3, 0.4) is 0 Å². The van der Waals surface area contributed by atoms with Gasteiger partial charge in [-0.1, -0.05) is 25.5 Å². The molecular weight excluding hydrogens is 242 g/mol. The SMILES string of the molecule is CCCc1cc(NC(=O)c2ccccc2OC)n[nH]1. The maximum Gasteiger partial charge on any atom is 0.260 e. The van der Waals surface area contributed by atoms with E-state index in [1.54, 1.807) is 25.3 Å². The molecule has 2 rings (SSSR count). The van der Waals surface area contributed by atoms with E-state index in [1.165, 1.54) is 0 Å². The molecule has 0 spiro atoms. The summed E-state index contributed by atoms with van der Waals surface area (Å²) in [5, 5.41) is 9.70. The number of hydrogen-bond donors (Lipinski definition) is 2. The van der Waals surface area contributed by atoms with Crippen LogP contribution in [0.1, 0.15) is 29.4 Å². The second kappa shape index (κ2) is 6.04. The summed E-state index contributed by atoms with van der Waals surface area (Å²) in [5.41, 5.74) is 1.50. The van der Waals surface area contributed by atoms with Crippen LogP contribution in [0, 0.1) is 0 Å². The lowest BCUT2D eigenvalue weighted by molar-refractivity contribution is 0.102. The number of H-pyrrole nitrogens is 1. The number of aromatic nitrogens is 2. The molecule has 5 heteroatoms. The van der Waals surface area contributed by atoms with Gasteiger partial charge in [0.1, 0.15) is 5.75 Å². The van der Waals surface area contributed by atoms with Crippen LogP contribution in [0.2, 0.25) is 0 Å². The van der Waals surface area contributed by atoms with E-state index in [9.17, 15) is 4.79 Å². The van der Waals surface area contributed by atoms with E-state index in [0.29, 0.717) is 17.1 Å². The lowest BCUT2D eigenvalue weighted by Gasteiger charge is -2.06. The first-order valence-electron chi connectivity index (χ1n) is 6.23. The quantitative estimate of drug-likeness (QED) is 0.867. The summed E-state index contributed by atoms with van der Waals surface area (Å²) >= 11 is 0. The summed E-state index contributed by atoms with van der Waals surface area (Å²) in [5.74, 6) is 0.843. The van der Waals surface area contributed by atoms with Gasteiger partial charge < -0.3 is 10.1 Å².